The topological polar surface area (TPSA) is 44.2 Å². The third-order valence-corrected chi connectivity index (χ3v) is 10.6. The number of aromatic nitrogens is 2. The molecule has 273 valence electrons. The van der Waals surface area contributed by atoms with Gasteiger partial charge >= 0.3 is 0 Å². The summed E-state index contributed by atoms with van der Waals surface area (Å²) in [4.78, 5) is 9.26. The summed E-state index contributed by atoms with van der Waals surface area (Å²) in [6.45, 7) is 8.49. The standard InChI is InChI=1S/C30H19BNO2.C20H18N.Ir/c1-19-8-2-3-9-21(19)20-16-17-32-25(18-20)22-10-6-12-24-30(22)34-28-15-7-14-27-29(28)31(24)23-11-4-5-13-26(23)33-27;1-14-9-10-18(20-11-15(2)16(3)13-21-20)12-19(14)17-7-5-4-6-8-17;/h2-9,11-18H,1H3;4-9,11-13H,1-3H3;/q2*-1;. The van der Waals surface area contributed by atoms with Gasteiger partial charge < -0.3 is 19.4 Å². The Bertz CT molecular complexity index is 2730. The molecule has 0 saturated carbocycles. The molecule has 4 heterocycles. The predicted octanol–water partition coefficient (Wildman–Crippen LogP) is 10.4. The van der Waals surface area contributed by atoms with Crippen molar-refractivity contribution in [3.05, 3.63) is 186 Å². The van der Waals surface area contributed by atoms with Crippen LogP contribution in [0.1, 0.15) is 22.3 Å². The van der Waals surface area contributed by atoms with Crippen LogP contribution in [0.5, 0.6) is 23.0 Å². The molecule has 8 aromatic rings. The molecule has 0 atom stereocenters. The minimum Gasteiger partial charge on any atom is -0.503 e. The number of hydrogen-bond donors (Lipinski definition) is 0. The van der Waals surface area contributed by atoms with Crippen LogP contribution in [-0.2, 0) is 20.1 Å². The molecule has 6 aromatic carbocycles. The summed E-state index contributed by atoms with van der Waals surface area (Å²) in [6, 6.07) is 54.5. The van der Waals surface area contributed by atoms with Gasteiger partial charge in [0.1, 0.15) is 17.2 Å². The van der Waals surface area contributed by atoms with Crippen LogP contribution in [0.4, 0.5) is 0 Å². The summed E-state index contributed by atoms with van der Waals surface area (Å²) in [5.41, 5.74) is 16.8. The van der Waals surface area contributed by atoms with Crippen molar-refractivity contribution >= 4 is 23.1 Å². The summed E-state index contributed by atoms with van der Waals surface area (Å²) in [5.74, 6) is 3.36. The van der Waals surface area contributed by atoms with E-state index in [-0.39, 0.29) is 26.8 Å². The van der Waals surface area contributed by atoms with Crippen LogP contribution in [0.2, 0.25) is 0 Å². The maximum absolute atomic E-state index is 6.54. The number of benzene rings is 6. The Morgan fingerprint density at radius 3 is 2.11 bits per heavy atom. The van der Waals surface area contributed by atoms with Gasteiger partial charge in [0.15, 0.2) is 0 Å². The molecule has 6 heteroatoms. The molecule has 1 radical (unpaired) electrons. The van der Waals surface area contributed by atoms with Crippen LogP contribution < -0.4 is 25.9 Å². The molecule has 2 aromatic heterocycles. The van der Waals surface area contributed by atoms with Crippen molar-refractivity contribution in [2.75, 3.05) is 0 Å². The van der Waals surface area contributed by atoms with Gasteiger partial charge in [-0.1, -0.05) is 115 Å². The number of rotatable bonds is 4. The van der Waals surface area contributed by atoms with Crippen LogP contribution >= 0.6 is 0 Å². The van der Waals surface area contributed by atoms with Crippen molar-refractivity contribution in [2.24, 2.45) is 0 Å². The largest absolute Gasteiger partial charge is 0.503 e. The SMILES string of the molecule is Cc1ccccc1-c1ccnc(-c2[c-]ccc3c2Oc2cccc4c2B3c2ccccc2O4)c1.Cc1cnc(-c2[c-]cc(C)c(-c3ccccc3)c2)cc1C.[Ir]. The Morgan fingerprint density at radius 1 is 0.536 bits per heavy atom. The van der Waals surface area contributed by atoms with Crippen LogP contribution in [-0.4, -0.2) is 16.7 Å². The van der Waals surface area contributed by atoms with E-state index in [1.54, 1.807) is 0 Å². The van der Waals surface area contributed by atoms with E-state index < -0.39 is 0 Å². The van der Waals surface area contributed by atoms with E-state index in [1.807, 2.05) is 54.9 Å². The molecule has 4 nitrogen and oxygen atoms in total. The van der Waals surface area contributed by atoms with Gasteiger partial charge in [-0.3, -0.25) is 0 Å². The average Bonchev–Trinajstić information content (AvgIpc) is 3.22. The molecule has 0 N–H and O–H groups in total. The Kier molecular flexibility index (Phi) is 10.3. The molecule has 0 bridgehead atoms. The smallest absolute Gasteiger partial charge is 0.241 e. The number of para-hydroxylation sites is 1. The minimum absolute atomic E-state index is 0. The van der Waals surface area contributed by atoms with Gasteiger partial charge in [0.25, 0.3) is 0 Å². The fourth-order valence-electron chi connectivity index (χ4n) is 7.58. The maximum atomic E-state index is 6.54. The molecular weight excluding hydrogens is 864 g/mol. The van der Waals surface area contributed by atoms with E-state index >= 15 is 0 Å². The van der Waals surface area contributed by atoms with Gasteiger partial charge in [-0.2, -0.15) is 0 Å². The van der Waals surface area contributed by atoms with Gasteiger partial charge in [-0.05, 0) is 89.7 Å². The molecule has 0 spiro atoms. The fraction of sp³-hybridized carbons (Fsp3) is 0.0800. The number of nitrogens with zero attached hydrogens (tertiary/aromatic N) is 2. The second-order valence-corrected chi connectivity index (χ2v) is 14.2. The summed E-state index contributed by atoms with van der Waals surface area (Å²) >= 11 is 0. The molecule has 0 saturated heterocycles. The van der Waals surface area contributed by atoms with E-state index in [9.17, 15) is 0 Å². The summed E-state index contributed by atoms with van der Waals surface area (Å²) in [5, 5.41) is 0. The van der Waals surface area contributed by atoms with Gasteiger partial charge in [-0.25, -0.2) is 0 Å². The summed E-state index contributed by atoms with van der Waals surface area (Å²) in [7, 11) is 0. The molecule has 0 fully saturated rings. The van der Waals surface area contributed by atoms with Crippen molar-refractivity contribution < 1.29 is 29.6 Å². The van der Waals surface area contributed by atoms with Crippen LogP contribution in [0.15, 0.2) is 152 Å². The molecule has 0 amide bonds. The van der Waals surface area contributed by atoms with Gasteiger partial charge in [0, 0.05) is 43.7 Å². The zero-order valence-electron chi connectivity index (χ0n) is 31.6. The van der Waals surface area contributed by atoms with Crippen molar-refractivity contribution in [3.8, 4) is 67.8 Å². The average molecular weight is 901 g/mol. The first-order valence-corrected chi connectivity index (χ1v) is 18.6. The number of fused-ring (bicyclic) bond motifs is 4. The number of pyridine rings is 2. The van der Waals surface area contributed by atoms with Crippen molar-refractivity contribution in [1.29, 1.82) is 0 Å². The second kappa shape index (κ2) is 15.6. The molecule has 2 aliphatic heterocycles. The Hall–Kier alpha value is -6.07. The summed E-state index contributed by atoms with van der Waals surface area (Å²) < 4.78 is 12.8. The summed E-state index contributed by atoms with van der Waals surface area (Å²) in [6.07, 6.45) is 3.80. The van der Waals surface area contributed by atoms with E-state index in [2.05, 4.69) is 142 Å². The Labute approximate surface area is 342 Å². The van der Waals surface area contributed by atoms with Gasteiger partial charge in [0.2, 0.25) is 6.71 Å². The number of hydrogen-bond acceptors (Lipinski definition) is 4. The third-order valence-electron chi connectivity index (χ3n) is 10.6. The van der Waals surface area contributed by atoms with Gasteiger partial charge in [-0.15, -0.1) is 53.0 Å². The first-order valence-electron chi connectivity index (χ1n) is 18.6. The maximum Gasteiger partial charge on any atom is 0.241 e. The van der Waals surface area contributed by atoms with E-state index in [0.29, 0.717) is 0 Å². The second-order valence-electron chi connectivity index (χ2n) is 14.2. The predicted molar refractivity (Wildman–Crippen MR) is 225 cm³/mol. The van der Waals surface area contributed by atoms with E-state index in [0.717, 1.165) is 67.5 Å². The van der Waals surface area contributed by atoms with Crippen LogP contribution in [0, 0.1) is 39.8 Å². The van der Waals surface area contributed by atoms with Gasteiger partial charge in [0.05, 0.1) is 0 Å². The fourth-order valence-corrected chi connectivity index (χ4v) is 7.58. The molecular formula is C50H37BIrN2O2-2. The minimum atomic E-state index is 0. The van der Waals surface area contributed by atoms with E-state index in [1.165, 1.54) is 38.9 Å². The molecule has 2 aliphatic rings. The van der Waals surface area contributed by atoms with Crippen molar-refractivity contribution in [1.82, 2.24) is 9.97 Å². The monoisotopic (exact) mass is 901 g/mol. The Balaban J connectivity index is 0.000000173. The molecule has 10 rings (SSSR count). The third kappa shape index (κ3) is 6.87. The number of aryl methyl sites for hydroxylation is 4. The zero-order valence-corrected chi connectivity index (χ0v) is 34.0. The molecule has 0 aliphatic carbocycles. The molecule has 56 heavy (non-hydrogen) atoms. The number of ether oxygens (including phenoxy) is 2. The quantitative estimate of drug-likeness (QED) is 0.130. The Morgan fingerprint density at radius 2 is 1.29 bits per heavy atom. The first-order chi connectivity index (χ1) is 26.9. The van der Waals surface area contributed by atoms with Crippen LogP contribution in [0.25, 0.3) is 44.8 Å². The van der Waals surface area contributed by atoms with E-state index in [4.69, 9.17) is 14.5 Å². The van der Waals surface area contributed by atoms with Crippen LogP contribution in [0.3, 0.4) is 0 Å². The molecule has 0 unspecified atom stereocenters. The van der Waals surface area contributed by atoms with Crippen molar-refractivity contribution in [2.45, 2.75) is 27.7 Å². The first kappa shape index (κ1) is 36.9. The van der Waals surface area contributed by atoms with Crippen molar-refractivity contribution in [3.63, 3.8) is 0 Å². The zero-order chi connectivity index (χ0) is 37.5. The normalized spacial score (nSPS) is 11.7.